The van der Waals surface area contributed by atoms with Crippen molar-refractivity contribution in [2.24, 2.45) is 5.92 Å². The lowest BCUT2D eigenvalue weighted by atomic mass is 9.95. The molecule has 4 heterocycles. The Morgan fingerprint density at radius 3 is 2.52 bits per heavy atom. The average molecular weight is 489 g/mol. The Morgan fingerprint density at radius 2 is 1.76 bits per heavy atom. The molecular formula is C24H32N4O3S2. The first kappa shape index (κ1) is 22.9. The van der Waals surface area contributed by atoms with Gasteiger partial charge >= 0.3 is 0 Å². The van der Waals surface area contributed by atoms with Gasteiger partial charge in [0.15, 0.2) is 0 Å². The number of hydrogen-bond donors (Lipinski definition) is 1. The second kappa shape index (κ2) is 10.2. The number of piperidine rings is 1. The molecule has 2 saturated heterocycles. The second-order valence-corrected chi connectivity index (χ2v) is 11.5. The quantitative estimate of drug-likeness (QED) is 0.698. The maximum atomic E-state index is 12.9. The zero-order valence-corrected chi connectivity index (χ0v) is 20.7. The molecule has 2 aromatic heterocycles. The first-order chi connectivity index (χ1) is 16.1. The van der Waals surface area contributed by atoms with E-state index in [0.717, 1.165) is 68.3 Å². The summed E-state index contributed by atoms with van der Waals surface area (Å²) >= 11 is 3.14. The van der Waals surface area contributed by atoms with Gasteiger partial charge in [-0.05, 0) is 50.5 Å². The molecule has 2 fully saturated rings. The van der Waals surface area contributed by atoms with Crippen molar-refractivity contribution in [3.63, 3.8) is 0 Å². The number of nitrogens with one attached hydrogen (secondary N) is 1. The third-order valence-corrected chi connectivity index (χ3v) is 9.32. The van der Waals surface area contributed by atoms with Gasteiger partial charge in [-0.15, -0.1) is 23.1 Å². The fraction of sp³-hybridized carbons (Fsp3) is 0.667. The molecule has 0 unspecified atom stereocenters. The summed E-state index contributed by atoms with van der Waals surface area (Å²) in [6.45, 7) is 3.10. The molecule has 0 atom stereocenters. The van der Waals surface area contributed by atoms with Crippen LogP contribution in [0.25, 0.3) is 10.2 Å². The van der Waals surface area contributed by atoms with E-state index in [9.17, 15) is 14.4 Å². The molecule has 2 amide bonds. The lowest BCUT2D eigenvalue weighted by Gasteiger charge is -2.34. The maximum Gasteiger partial charge on any atom is 0.259 e. The van der Waals surface area contributed by atoms with E-state index in [4.69, 9.17) is 0 Å². The van der Waals surface area contributed by atoms with Crippen LogP contribution in [0.3, 0.4) is 0 Å². The smallest absolute Gasteiger partial charge is 0.259 e. The highest BCUT2D eigenvalue weighted by Gasteiger charge is 2.30. The maximum absolute atomic E-state index is 12.9. The fourth-order valence-electron chi connectivity index (χ4n) is 5.37. The van der Waals surface area contributed by atoms with E-state index in [0.29, 0.717) is 36.3 Å². The first-order valence-corrected chi connectivity index (χ1v) is 14.2. The molecule has 0 spiro atoms. The topological polar surface area (TPSA) is 86.4 Å². The number of H-pyrrole nitrogens is 1. The van der Waals surface area contributed by atoms with E-state index < -0.39 is 0 Å². The number of aromatic nitrogens is 2. The van der Waals surface area contributed by atoms with Crippen molar-refractivity contribution in [2.45, 2.75) is 63.5 Å². The van der Waals surface area contributed by atoms with Crippen molar-refractivity contribution in [1.29, 1.82) is 0 Å². The van der Waals surface area contributed by atoms with Gasteiger partial charge in [-0.2, -0.15) is 0 Å². The molecule has 7 nitrogen and oxygen atoms in total. The van der Waals surface area contributed by atoms with Crippen LogP contribution in [0.4, 0.5) is 0 Å². The monoisotopic (exact) mass is 488 g/mol. The van der Waals surface area contributed by atoms with Crippen molar-refractivity contribution < 1.29 is 9.59 Å². The van der Waals surface area contributed by atoms with Crippen molar-refractivity contribution in [2.75, 3.05) is 31.9 Å². The molecule has 2 aromatic rings. The van der Waals surface area contributed by atoms with Crippen LogP contribution in [0.1, 0.15) is 61.2 Å². The van der Waals surface area contributed by atoms with E-state index in [1.165, 1.54) is 35.0 Å². The van der Waals surface area contributed by atoms with Crippen LogP contribution in [-0.4, -0.2) is 63.5 Å². The molecule has 0 aromatic carbocycles. The van der Waals surface area contributed by atoms with Crippen molar-refractivity contribution >= 4 is 45.1 Å². The summed E-state index contributed by atoms with van der Waals surface area (Å²) in [6.07, 6.45) is 9.35. The molecule has 1 aliphatic carbocycles. The Morgan fingerprint density at radius 1 is 1.00 bits per heavy atom. The highest BCUT2D eigenvalue weighted by molar-refractivity contribution is 7.99. The van der Waals surface area contributed by atoms with Gasteiger partial charge in [0, 0.05) is 37.0 Å². The second-order valence-electron chi connectivity index (χ2n) is 9.44. The largest absolute Gasteiger partial charge is 0.342 e. The van der Waals surface area contributed by atoms with Crippen molar-refractivity contribution in [1.82, 2.24) is 19.8 Å². The minimum Gasteiger partial charge on any atom is -0.342 e. The number of likely N-dealkylation sites (tertiary alicyclic amines) is 2. The highest BCUT2D eigenvalue weighted by Crippen LogP contribution is 2.34. The number of fused-ring (bicyclic) bond motifs is 3. The predicted molar refractivity (Wildman–Crippen MR) is 133 cm³/mol. The summed E-state index contributed by atoms with van der Waals surface area (Å²) in [4.78, 5) is 51.8. The van der Waals surface area contributed by atoms with Gasteiger partial charge < -0.3 is 14.8 Å². The predicted octanol–water partition coefficient (Wildman–Crippen LogP) is 3.35. The Bertz CT molecular complexity index is 1080. The van der Waals surface area contributed by atoms with Crippen molar-refractivity contribution in [3.8, 4) is 0 Å². The van der Waals surface area contributed by atoms with Crippen LogP contribution in [-0.2, 0) is 28.2 Å². The lowest BCUT2D eigenvalue weighted by Crippen LogP contribution is -2.45. The first-order valence-electron chi connectivity index (χ1n) is 12.3. The summed E-state index contributed by atoms with van der Waals surface area (Å²) in [5.41, 5.74) is 1.15. The molecule has 178 valence electrons. The number of nitrogens with zero attached hydrogens (tertiary/aromatic N) is 3. The summed E-state index contributed by atoms with van der Waals surface area (Å²) in [5, 5.41) is 0.773. The summed E-state index contributed by atoms with van der Waals surface area (Å²) in [5.74, 6) is 2.00. The third-order valence-electron chi connectivity index (χ3n) is 7.20. The van der Waals surface area contributed by atoms with Crippen LogP contribution in [0.15, 0.2) is 4.79 Å². The normalized spacial score (nSPS) is 19.6. The highest BCUT2D eigenvalue weighted by atomic mass is 32.2. The van der Waals surface area contributed by atoms with Crippen LogP contribution >= 0.6 is 23.1 Å². The van der Waals surface area contributed by atoms with Crippen LogP contribution < -0.4 is 5.56 Å². The number of aryl methyl sites for hydroxylation is 2. The molecule has 3 aliphatic rings. The van der Waals surface area contributed by atoms with Gasteiger partial charge in [0.2, 0.25) is 11.8 Å². The summed E-state index contributed by atoms with van der Waals surface area (Å²) in [6, 6.07) is 0. The standard InChI is InChI=1S/C24H32N4O3S2/c29-20(27-12-8-16(9-13-27)24(31)28-10-3-1-2-4-11-28)15-32-14-19-25-22(30)21-17-6-5-7-18(17)33-23(21)26-19/h16H,1-15H2,(H,25,26,30). The molecule has 5 rings (SSSR count). The van der Waals surface area contributed by atoms with Crippen LogP contribution in [0, 0.1) is 5.92 Å². The SMILES string of the molecule is O=C(CSCc1nc2sc3c(c2c(=O)[nH]1)CCC3)N1CCC(C(=O)N2CCCCCC2)CC1. The minimum atomic E-state index is -0.0440. The Labute approximate surface area is 202 Å². The fourth-order valence-corrected chi connectivity index (χ4v) is 7.44. The van der Waals surface area contributed by atoms with E-state index >= 15 is 0 Å². The third kappa shape index (κ3) is 4.99. The zero-order chi connectivity index (χ0) is 22.8. The number of rotatable bonds is 5. The minimum absolute atomic E-state index is 0.0440. The van der Waals surface area contributed by atoms with Gasteiger partial charge in [-0.3, -0.25) is 14.4 Å². The molecule has 1 N–H and O–H groups in total. The molecule has 0 radical (unpaired) electrons. The van der Waals surface area contributed by atoms with Gasteiger partial charge in [-0.25, -0.2) is 4.98 Å². The molecule has 0 saturated carbocycles. The zero-order valence-electron chi connectivity index (χ0n) is 19.1. The molecular weight excluding hydrogens is 456 g/mol. The van der Waals surface area contributed by atoms with Gasteiger partial charge in [-0.1, -0.05) is 12.8 Å². The number of aromatic amines is 1. The Balaban J connectivity index is 1.10. The van der Waals surface area contributed by atoms with E-state index in [2.05, 4.69) is 14.9 Å². The number of amides is 2. The number of carbonyl (C=O) groups excluding carboxylic acids is 2. The summed E-state index contributed by atoms with van der Waals surface area (Å²) in [7, 11) is 0. The molecule has 2 aliphatic heterocycles. The summed E-state index contributed by atoms with van der Waals surface area (Å²) < 4.78 is 0. The van der Waals surface area contributed by atoms with Crippen molar-refractivity contribution in [3.05, 3.63) is 26.6 Å². The van der Waals surface area contributed by atoms with E-state index in [1.54, 1.807) is 11.3 Å². The molecule has 33 heavy (non-hydrogen) atoms. The number of hydrogen-bond acceptors (Lipinski definition) is 6. The number of carbonyl (C=O) groups is 2. The van der Waals surface area contributed by atoms with Gasteiger partial charge in [0.25, 0.3) is 5.56 Å². The number of thioether (sulfide) groups is 1. The Kier molecular flexibility index (Phi) is 7.06. The number of thiophene rings is 1. The van der Waals surface area contributed by atoms with E-state index in [1.807, 2.05) is 4.90 Å². The van der Waals surface area contributed by atoms with Crippen LogP contribution in [0.2, 0.25) is 0 Å². The van der Waals surface area contributed by atoms with Gasteiger partial charge in [0.05, 0.1) is 16.9 Å². The van der Waals surface area contributed by atoms with Gasteiger partial charge in [0.1, 0.15) is 10.7 Å². The lowest BCUT2D eigenvalue weighted by molar-refractivity contribution is -0.139. The average Bonchev–Trinajstić information content (AvgIpc) is 3.29. The Hall–Kier alpha value is -1.87. The molecule has 9 heteroatoms. The molecule has 0 bridgehead atoms. The van der Waals surface area contributed by atoms with Crippen LogP contribution in [0.5, 0.6) is 0 Å². The van der Waals surface area contributed by atoms with E-state index in [-0.39, 0.29) is 17.4 Å².